The van der Waals surface area contributed by atoms with E-state index < -0.39 is 35.4 Å². The number of furan rings is 1. The predicted molar refractivity (Wildman–Crippen MR) is 102 cm³/mol. The van der Waals surface area contributed by atoms with Crippen LogP contribution in [0.1, 0.15) is 24.4 Å². The van der Waals surface area contributed by atoms with E-state index in [2.05, 4.69) is 10.6 Å². The molecule has 154 valence electrons. The maximum absolute atomic E-state index is 12.3. The summed E-state index contributed by atoms with van der Waals surface area (Å²) in [6.45, 7) is 2.77. The Labute approximate surface area is 170 Å². The fourth-order valence-corrected chi connectivity index (χ4v) is 2.47. The number of nitrogens with zero attached hydrogens (tertiary/aromatic N) is 1. The summed E-state index contributed by atoms with van der Waals surface area (Å²) in [4.78, 5) is 46.4. The van der Waals surface area contributed by atoms with Crippen molar-refractivity contribution in [3.05, 3.63) is 57.5 Å². The highest BCUT2D eigenvalue weighted by atomic mass is 35.5. The zero-order chi connectivity index (χ0) is 21.6. The largest absolute Gasteiger partial charge is 0.459 e. The molecule has 29 heavy (non-hydrogen) atoms. The van der Waals surface area contributed by atoms with E-state index >= 15 is 0 Å². The van der Waals surface area contributed by atoms with E-state index in [1.165, 1.54) is 30.5 Å². The van der Waals surface area contributed by atoms with Gasteiger partial charge in [-0.05, 0) is 24.1 Å². The van der Waals surface area contributed by atoms with Gasteiger partial charge >= 0.3 is 5.97 Å². The van der Waals surface area contributed by atoms with Crippen molar-refractivity contribution in [3.63, 3.8) is 0 Å². The minimum absolute atomic E-state index is 0.0361. The Kier molecular flexibility index (Phi) is 7.32. The molecule has 11 heteroatoms. The van der Waals surface area contributed by atoms with Crippen LogP contribution in [0.5, 0.6) is 0 Å². The maximum atomic E-state index is 12.3. The van der Waals surface area contributed by atoms with Crippen LogP contribution in [0.25, 0.3) is 0 Å². The van der Waals surface area contributed by atoms with Crippen LogP contribution in [0.2, 0.25) is 5.02 Å². The van der Waals surface area contributed by atoms with Gasteiger partial charge < -0.3 is 19.8 Å². The lowest BCUT2D eigenvalue weighted by Crippen LogP contribution is -2.45. The van der Waals surface area contributed by atoms with Crippen LogP contribution in [0.15, 0.2) is 41.0 Å². The smallest absolute Gasteiger partial charge is 0.329 e. The first-order valence-corrected chi connectivity index (χ1v) is 8.81. The number of halogens is 1. The summed E-state index contributed by atoms with van der Waals surface area (Å²) in [6.07, 6.45) is 1.32. The van der Waals surface area contributed by atoms with Gasteiger partial charge in [0.25, 0.3) is 17.5 Å². The fraction of sp³-hybridized carbons (Fsp3) is 0.278. The number of non-ortho nitro benzene ring substituents is 1. The molecule has 0 aliphatic rings. The third-order valence-electron chi connectivity index (χ3n) is 3.74. The molecule has 10 nitrogen and oxygen atoms in total. The third-order valence-corrected chi connectivity index (χ3v) is 4.05. The molecule has 0 radical (unpaired) electrons. The molecule has 1 aromatic heterocycles. The van der Waals surface area contributed by atoms with Gasteiger partial charge in [0.2, 0.25) is 0 Å². The van der Waals surface area contributed by atoms with E-state index in [1.54, 1.807) is 13.8 Å². The van der Waals surface area contributed by atoms with Crippen LogP contribution in [0.3, 0.4) is 0 Å². The average molecular weight is 424 g/mol. The molecule has 1 atom stereocenters. The molecule has 1 heterocycles. The van der Waals surface area contributed by atoms with Crippen molar-refractivity contribution in [1.29, 1.82) is 0 Å². The molecule has 2 N–H and O–H groups in total. The molecule has 0 unspecified atom stereocenters. The van der Waals surface area contributed by atoms with Crippen molar-refractivity contribution in [2.24, 2.45) is 5.92 Å². The van der Waals surface area contributed by atoms with Gasteiger partial charge in [0.15, 0.2) is 12.4 Å². The first kappa shape index (κ1) is 21.9. The Morgan fingerprint density at radius 2 is 2.00 bits per heavy atom. The van der Waals surface area contributed by atoms with Gasteiger partial charge in [-0.15, -0.1) is 0 Å². The van der Waals surface area contributed by atoms with Crippen LogP contribution in [0, 0.1) is 16.0 Å². The number of rotatable bonds is 8. The quantitative estimate of drug-likeness (QED) is 0.377. The molecule has 2 amide bonds. The van der Waals surface area contributed by atoms with Crippen LogP contribution in [-0.4, -0.2) is 35.4 Å². The number of esters is 1. The average Bonchev–Trinajstić information content (AvgIpc) is 3.20. The number of nitro benzene ring substituents is 1. The number of carbonyl (C=O) groups excluding carboxylic acids is 3. The molecule has 0 aliphatic heterocycles. The van der Waals surface area contributed by atoms with Crippen molar-refractivity contribution in [1.82, 2.24) is 5.32 Å². The number of anilines is 1. The van der Waals surface area contributed by atoms with Crippen LogP contribution in [0.4, 0.5) is 11.4 Å². The number of nitro groups is 1. The van der Waals surface area contributed by atoms with Crippen molar-refractivity contribution in [3.8, 4) is 0 Å². The third kappa shape index (κ3) is 6.04. The topological polar surface area (TPSA) is 141 Å². The van der Waals surface area contributed by atoms with Gasteiger partial charge in [-0.25, -0.2) is 4.79 Å². The number of amides is 2. The highest BCUT2D eigenvalue weighted by Crippen LogP contribution is 2.26. The van der Waals surface area contributed by atoms with Gasteiger partial charge in [-0.2, -0.15) is 0 Å². The SMILES string of the molecule is CC(C)[C@H](NC(=O)c1ccco1)C(=O)OCC(=O)Nc1ccc([N+](=O)[O-])cc1Cl. The summed E-state index contributed by atoms with van der Waals surface area (Å²) < 4.78 is 9.94. The maximum Gasteiger partial charge on any atom is 0.329 e. The van der Waals surface area contributed by atoms with Crippen molar-refractivity contribution >= 4 is 40.8 Å². The summed E-state index contributed by atoms with van der Waals surface area (Å²) in [7, 11) is 0. The Bertz CT molecular complexity index is 912. The Morgan fingerprint density at radius 1 is 1.28 bits per heavy atom. The summed E-state index contributed by atoms with van der Waals surface area (Å²) >= 11 is 5.90. The van der Waals surface area contributed by atoms with E-state index in [1.807, 2.05) is 0 Å². The number of benzene rings is 1. The minimum Gasteiger partial charge on any atom is -0.459 e. The lowest BCUT2D eigenvalue weighted by molar-refractivity contribution is -0.384. The van der Waals surface area contributed by atoms with E-state index in [0.717, 1.165) is 6.07 Å². The van der Waals surface area contributed by atoms with E-state index in [0.29, 0.717) is 0 Å². The molecule has 2 rings (SSSR count). The molecular formula is C18H18ClN3O7. The predicted octanol–water partition coefficient (Wildman–Crippen LogP) is 2.78. The normalized spacial score (nSPS) is 11.6. The molecule has 0 saturated carbocycles. The molecule has 0 fully saturated rings. The summed E-state index contributed by atoms with van der Waals surface area (Å²) in [5.41, 5.74) is -0.101. The standard InChI is InChI=1S/C18H18ClN3O7/c1-10(2)16(21-17(24)14-4-3-7-28-14)18(25)29-9-15(23)20-13-6-5-11(22(26)27)8-12(13)19/h3-8,10,16H,9H2,1-2H3,(H,20,23)(H,21,24)/t16-/m0/s1. The monoisotopic (exact) mass is 423 g/mol. The summed E-state index contributed by atoms with van der Waals surface area (Å²) in [6, 6.07) is 5.50. The Hall–Kier alpha value is -3.40. The van der Waals surface area contributed by atoms with Crippen molar-refractivity contribution in [2.45, 2.75) is 19.9 Å². The van der Waals surface area contributed by atoms with E-state index in [-0.39, 0.29) is 28.1 Å². The Balaban J connectivity index is 1.92. The summed E-state index contributed by atoms with van der Waals surface area (Å²) in [5.74, 6) is -2.37. The van der Waals surface area contributed by atoms with E-state index in [9.17, 15) is 24.5 Å². The van der Waals surface area contributed by atoms with Gasteiger partial charge in [-0.3, -0.25) is 19.7 Å². The number of hydrogen-bond donors (Lipinski definition) is 2. The second kappa shape index (κ2) is 9.69. The lowest BCUT2D eigenvalue weighted by Gasteiger charge is -2.20. The van der Waals surface area contributed by atoms with Crippen LogP contribution < -0.4 is 10.6 Å². The summed E-state index contributed by atoms with van der Waals surface area (Å²) in [5, 5.41) is 15.5. The van der Waals surface area contributed by atoms with Gasteiger partial charge in [0.1, 0.15) is 6.04 Å². The van der Waals surface area contributed by atoms with Gasteiger partial charge in [0, 0.05) is 12.1 Å². The molecule has 0 spiro atoms. The fourth-order valence-electron chi connectivity index (χ4n) is 2.25. The highest BCUT2D eigenvalue weighted by molar-refractivity contribution is 6.34. The van der Waals surface area contributed by atoms with Crippen molar-refractivity contribution in [2.75, 3.05) is 11.9 Å². The van der Waals surface area contributed by atoms with Crippen LogP contribution >= 0.6 is 11.6 Å². The Morgan fingerprint density at radius 3 is 2.55 bits per heavy atom. The first-order chi connectivity index (χ1) is 13.7. The highest BCUT2D eigenvalue weighted by Gasteiger charge is 2.27. The molecule has 0 aliphatic carbocycles. The zero-order valence-corrected chi connectivity index (χ0v) is 16.3. The van der Waals surface area contributed by atoms with Gasteiger partial charge in [-0.1, -0.05) is 25.4 Å². The molecular weight excluding hydrogens is 406 g/mol. The van der Waals surface area contributed by atoms with E-state index in [4.69, 9.17) is 20.8 Å². The molecule has 1 aromatic carbocycles. The molecule has 2 aromatic rings. The second-order valence-corrected chi connectivity index (χ2v) is 6.66. The van der Waals surface area contributed by atoms with Gasteiger partial charge in [0.05, 0.1) is 21.9 Å². The number of hydrogen-bond acceptors (Lipinski definition) is 7. The second-order valence-electron chi connectivity index (χ2n) is 6.25. The molecule has 0 bridgehead atoms. The lowest BCUT2D eigenvalue weighted by atomic mass is 10.0. The number of carbonyl (C=O) groups is 3. The molecule has 0 saturated heterocycles. The van der Waals surface area contributed by atoms with Crippen molar-refractivity contribution < 1.29 is 28.5 Å². The minimum atomic E-state index is -0.997. The zero-order valence-electron chi connectivity index (χ0n) is 15.5. The number of nitrogens with one attached hydrogen (secondary N) is 2. The number of ether oxygens (including phenoxy) is 1. The van der Waals surface area contributed by atoms with Crippen LogP contribution in [-0.2, 0) is 14.3 Å². The first-order valence-electron chi connectivity index (χ1n) is 8.44.